The lowest BCUT2D eigenvalue weighted by atomic mass is 10.1. The van der Waals surface area contributed by atoms with Crippen LogP contribution in [0.25, 0.3) is 22.8 Å². The van der Waals surface area contributed by atoms with E-state index in [1.807, 2.05) is 75.2 Å². The maximum absolute atomic E-state index is 5.98. The summed E-state index contributed by atoms with van der Waals surface area (Å²) in [5.41, 5.74) is 1.91. The first-order valence-electron chi connectivity index (χ1n) is 18.0. The van der Waals surface area contributed by atoms with Crippen LogP contribution in [-0.2, 0) is 39.6 Å². The summed E-state index contributed by atoms with van der Waals surface area (Å²) >= 11 is 0. The van der Waals surface area contributed by atoms with Gasteiger partial charge >= 0.3 is 17.6 Å². The summed E-state index contributed by atoms with van der Waals surface area (Å²) in [6.07, 6.45) is 8.24. The molecule has 0 atom stereocenters. The minimum absolute atomic E-state index is 0.607. The number of unbranched alkanes of at least 4 members (excludes halogenated alkanes) is 6. The number of nitrogens with zero attached hydrogens (tertiary/aromatic N) is 8. The Balaban J connectivity index is 1.46. The van der Waals surface area contributed by atoms with Crippen LogP contribution in [0.4, 0.5) is 0 Å². The molecule has 0 saturated heterocycles. The van der Waals surface area contributed by atoms with Gasteiger partial charge < -0.3 is 26.6 Å². The first kappa shape index (κ1) is 40.0. The SMILES string of the molecule is CCO[Si](CCCCCCn1nnnc1-c1ccc(-c2nnnn2CCCCCC[Si](OCC)(OCC)OCC)cc1)(OCC)OCC. The van der Waals surface area contributed by atoms with Crippen LogP contribution >= 0.6 is 0 Å². The van der Waals surface area contributed by atoms with Gasteiger partial charge in [0, 0.05) is 75.9 Å². The average Bonchev–Trinajstić information content (AvgIpc) is 3.75. The van der Waals surface area contributed by atoms with E-state index >= 15 is 0 Å². The highest BCUT2D eigenvalue weighted by Crippen LogP contribution is 2.24. The number of hydrogen-bond donors (Lipinski definition) is 0. The molecule has 1 aromatic carbocycles. The van der Waals surface area contributed by atoms with Crippen molar-refractivity contribution < 1.29 is 26.6 Å². The summed E-state index contributed by atoms with van der Waals surface area (Å²) < 4.78 is 39.6. The molecule has 3 rings (SSSR count). The molecule has 48 heavy (non-hydrogen) atoms. The van der Waals surface area contributed by atoms with Gasteiger partial charge in [-0.2, -0.15) is 0 Å². The highest BCUT2D eigenvalue weighted by Gasteiger charge is 2.40. The molecule has 0 radical (unpaired) electrons. The minimum atomic E-state index is -2.58. The van der Waals surface area contributed by atoms with Crippen LogP contribution in [0.15, 0.2) is 24.3 Å². The first-order valence-corrected chi connectivity index (χ1v) is 21.8. The molecular formula is C32H58N8O6Si2. The van der Waals surface area contributed by atoms with Crippen LogP contribution in [0.1, 0.15) is 92.9 Å². The van der Waals surface area contributed by atoms with Gasteiger partial charge in [-0.3, -0.25) is 0 Å². The van der Waals surface area contributed by atoms with E-state index in [-0.39, 0.29) is 0 Å². The molecule has 270 valence electrons. The van der Waals surface area contributed by atoms with Crippen LogP contribution in [0.3, 0.4) is 0 Å². The molecule has 0 fully saturated rings. The van der Waals surface area contributed by atoms with Gasteiger partial charge in [-0.05, 0) is 88.1 Å². The topological polar surface area (TPSA) is 143 Å². The minimum Gasteiger partial charge on any atom is -0.374 e. The Bertz CT molecular complexity index is 1140. The van der Waals surface area contributed by atoms with Gasteiger partial charge in [0.15, 0.2) is 11.6 Å². The van der Waals surface area contributed by atoms with Gasteiger partial charge in [-0.25, -0.2) is 9.36 Å². The molecule has 0 aliphatic rings. The van der Waals surface area contributed by atoms with E-state index in [0.29, 0.717) is 39.6 Å². The van der Waals surface area contributed by atoms with Crippen LogP contribution in [-0.4, -0.2) is 97.7 Å². The number of tetrazole rings is 2. The van der Waals surface area contributed by atoms with Crippen molar-refractivity contribution in [3.05, 3.63) is 24.3 Å². The lowest BCUT2D eigenvalue weighted by Gasteiger charge is -2.28. The summed E-state index contributed by atoms with van der Waals surface area (Å²) in [6, 6.07) is 9.80. The quantitative estimate of drug-likeness (QED) is 0.0626. The maximum atomic E-state index is 5.98. The van der Waals surface area contributed by atoms with E-state index in [4.69, 9.17) is 26.6 Å². The molecule has 16 heteroatoms. The monoisotopic (exact) mass is 706 g/mol. The second-order valence-corrected chi connectivity index (χ2v) is 16.8. The van der Waals surface area contributed by atoms with Gasteiger partial charge in [-0.1, -0.05) is 49.9 Å². The zero-order valence-electron chi connectivity index (χ0n) is 30.1. The molecule has 0 amide bonds. The van der Waals surface area contributed by atoms with Gasteiger partial charge in [0.2, 0.25) is 0 Å². The van der Waals surface area contributed by atoms with E-state index < -0.39 is 17.6 Å². The third kappa shape index (κ3) is 12.5. The highest BCUT2D eigenvalue weighted by molar-refractivity contribution is 6.61. The molecule has 0 spiro atoms. The maximum Gasteiger partial charge on any atom is 0.500 e. The summed E-state index contributed by atoms with van der Waals surface area (Å²) in [5.74, 6) is 1.50. The highest BCUT2D eigenvalue weighted by atomic mass is 28.4. The van der Waals surface area contributed by atoms with E-state index in [0.717, 1.165) is 99.3 Å². The number of aryl methyl sites for hydroxylation is 2. The normalized spacial score (nSPS) is 12.3. The number of aromatic nitrogens is 8. The Labute approximate surface area is 288 Å². The smallest absolute Gasteiger partial charge is 0.374 e. The number of hydrogen-bond acceptors (Lipinski definition) is 12. The van der Waals surface area contributed by atoms with Crippen LogP contribution in [0.5, 0.6) is 0 Å². The predicted octanol–water partition coefficient (Wildman–Crippen LogP) is 6.21. The molecule has 0 aliphatic carbocycles. The second-order valence-electron chi connectivity index (χ2n) is 11.3. The molecular weight excluding hydrogens is 649 g/mol. The Morgan fingerprint density at radius 3 is 1.08 bits per heavy atom. The molecule has 0 unspecified atom stereocenters. The third-order valence-corrected chi connectivity index (χ3v) is 14.2. The van der Waals surface area contributed by atoms with Crippen molar-refractivity contribution in [2.45, 2.75) is 118 Å². The zero-order valence-corrected chi connectivity index (χ0v) is 32.1. The molecule has 2 heterocycles. The van der Waals surface area contributed by atoms with Crippen LogP contribution < -0.4 is 0 Å². The van der Waals surface area contributed by atoms with E-state index in [1.165, 1.54) is 0 Å². The van der Waals surface area contributed by atoms with Crippen molar-refractivity contribution in [1.82, 2.24) is 40.4 Å². The molecule has 0 N–H and O–H groups in total. The van der Waals surface area contributed by atoms with Crippen molar-refractivity contribution in [2.75, 3.05) is 39.6 Å². The Hall–Kier alpha value is -2.45. The fraction of sp³-hybridized carbons (Fsp3) is 0.750. The van der Waals surface area contributed by atoms with E-state index in [1.54, 1.807) is 0 Å². The van der Waals surface area contributed by atoms with E-state index in [9.17, 15) is 0 Å². The summed E-state index contributed by atoms with van der Waals surface area (Å²) in [4.78, 5) is 0. The fourth-order valence-corrected chi connectivity index (χ4v) is 11.2. The van der Waals surface area contributed by atoms with E-state index in [2.05, 4.69) is 31.1 Å². The summed E-state index contributed by atoms with van der Waals surface area (Å²) in [6.45, 7) is 17.1. The number of rotatable bonds is 28. The van der Waals surface area contributed by atoms with Crippen molar-refractivity contribution in [3.63, 3.8) is 0 Å². The van der Waals surface area contributed by atoms with Crippen molar-refractivity contribution >= 4 is 17.6 Å². The summed E-state index contributed by atoms with van der Waals surface area (Å²) in [7, 11) is -5.15. The molecule has 14 nitrogen and oxygen atoms in total. The molecule has 0 saturated carbocycles. The van der Waals surface area contributed by atoms with Gasteiger partial charge in [0.1, 0.15) is 0 Å². The van der Waals surface area contributed by atoms with Crippen molar-refractivity contribution in [3.8, 4) is 22.8 Å². The van der Waals surface area contributed by atoms with Crippen LogP contribution in [0.2, 0.25) is 12.1 Å². The van der Waals surface area contributed by atoms with Crippen molar-refractivity contribution in [2.24, 2.45) is 0 Å². The third-order valence-electron chi connectivity index (χ3n) is 7.86. The molecule has 3 aromatic rings. The molecule has 0 aliphatic heterocycles. The standard InChI is InChI=1S/C32H58N8O6Si2/c1-7-41-47(42-8-2,43-9-3)27-19-15-13-17-25-39-31(33-35-37-39)29-21-23-30(24-22-29)32-34-36-38-40(32)26-18-14-16-20-28-48(44-10-4,45-11-5)46-12-6/h21-24H,7-20,25-28H2,1-6H3. The largest absolute Gasteiger partial charge is 0.500 e. The predicted molar refractivity (Wildman–Crippen MR) is 188 cm³/mol. The van der Waals surface area contributed by atoms with Crippen LogP contribution in [0, 0.1) is 0 Å². The fourth-order valence-electron chi connectivity index (χ4n) is 5.81. The number of benzene rings is 1. The summed E-state index contributed by atoms with van der Waals surface area (Å²) in [5, 5.41) is 25.0. The zero-order chi connectivity index (χ0) is 34.5. The second kappa shape index (κ2) is 22.3. The van der Waals surface area contributed by atoms with Gasteiger partial charge in [0.25, 0.3) is 0 Å². The Morgan fingerprint density at radius 1 is 0.458 bits per heavy atom. The Morgan fingerprint density at radius 2 is 0.771 bits per heavy atom. The lowest BCUT2D eigenvalue weighted by Crippen LogP contribution is -2.45. The molecule has 2 aromatic heterocycles. The average molecular weight is 707 g/mol. The van der Waals surface area contributed by atoms with Gasteiger partial charge in [-0.15, -0.1) is 10.2 Å². The lowest BCUT2D eigenvalue weighted by molar-refractivity contribution is 0.0698. The van der Waals surface area contributed by atoms with Gasteiger partial charge in [0.05, 0.1) is 0 Å². The van der Waals surface area contributed by atoms with Crippen molar-refractivity contribution in [1.29, 1.82) is 0 Å². The molecule has 0 bridgehead atoms. The Kier molecular flexibility index (Phi) is 18.6. The first-order chi connectivity index (χ1) is 23.5.